The summed E-state index contributed by atoms with van der Waals surface area (Å²) in [4.78, 5) is 17.5. The van der Waals surface area contributed by atoms with Crippen LogP contribution in [0.5, 0.6) is 0 Å². The van der Waals surface area contributed by atoms with Crippen LogP contribution in [0.15, 0.2) is 72.8 Å². The second kappa shape index (κ2) is 7.88. The van der Waals surface area contributed by atoms with Crippen LogP contribution in [0.25, 0.3) is 33.3 Å². The Morgan fingerprint density at radius 3 is 2.34 bits per heavy atom. The SMILES string of the molecule is CCOC(=O)c1cc(C)ccc1-c1cc(-c2ccccc2)c2cc(C)ccc2n1. The zero-order valence-electron chi connectivity index (χ0n) is 16.9. The van der Waals surface area contributed by atoms with Gasteiger partial charge in [-0.1, -0.05) is 59.7 Å². The maximum absolute atomic E-state index is 12.6. The van der Waals surface area contributed by atoms with E-state index in [0.717, 1.165) is 38.9 Å². The van der Waals surface area contributed by atoms with E-state index < -0.39 is 0 Å². The first-order valence-electron chi connectivity index (χ1n) is 9.82. The van der Waals surface area contributed by atoms with E-state index in [4.69, 9.17) is 9.72 Å². The lowest BCUT2D eigenvalue weighted by Crippen LogP contribution is -2.07. The van der Waals surface area contributed by atoms with E-state index in [1.54, 1.807) is 0 Å². The van der Waals surface area contributed by atoms with E-state index in [1.165, 1.54) is 5.56 Å². The average Bonchev–Trinajstić information content (AvgIpc) is 2.74. The van der Waals surface area contributed by atoms with Crippen LogP contribution in [-0.4, -0.2) is 17.6 Å². The number of carbonyl (C=O) groups is 1. The summed E-state index contributed by atoms with van der Waals surface area (Å²) in [7, 11) is 0. The summed E-state index contributed by atoms with van der Waals surface area (Å²) < 4.78 is 5.30. The summed E-state index contributed by atoms with van der Waals surface area (Å²) in [5, 5.41) is 1.10. The smallest absolute Gasteiger partial charge is 0.338 e. The lowest BCUT2D eigenvalue weighted by molar-refractivity contribution is 0.0527. The van der Waals surface area contributed by atoms with Gasteiger partial charge in [0.05, 0.1) is 23.4 Å². The molecule has 1 heterocycles. The fourth-order valence-electron chi connectivity index (χ4n) is 3.59. The minimum Gasteiger partial charge on any atom is -0.462 e. The van der Waals surface area contributed by atoms with Crippen molar-refractivity contribution >= 4 is 16.9 Å². The van der Waals surface area contributed by atoms with Crippen LogP contribution in [0.3, 0.4) is 0 Å². The van der Waals surface area contributed by atoms with Crippen molar-refractivity contribution in [2.24, 2.45) is 0 Å². The number of esters is 1. The van der Waals surface area contributed by atoms with Crippen LogP contribution in [0.1, 0.15) is 28.4 Å². The number of fused-ring (bicyclic) bond motifs is 1. The number of aryl methyl sites for hydroxylation is 2. The Morgan fingerprint density at radius 2 is 1.59 bits per heavy atom. The highest BCUT2D eigenvalue weighted by Crippen LogP contribution is 2.34. The van der Waals surface area contributed by atoms with Gasteiger partial charge in [0.2, 0.25) is 0 Å². The Kier molecular flexibility index (Phi) is 5.13. The first-order chi connectivity index (χ1) is 14.1. The van der Waals surface area contributed by atoms with Crippen LogP contribution >= 0.6 is 0 Å². The fourth-order valence-corrected chi connectivity index (χ4v) is 3.59. The molecule has 3 nitrogen and oxygen atoms in total. The summed E-state index contributed by atoms with van der Waals surface area (Å²) in [6, 6.07) is 24.5. The van der Waals surface area contributed by atoms with Crippen LogP contribution in [-0.2, 0) is 4.74 Å². The molecule has 0 unspecified atom stereocenters. The number of benzene rings is 3. The first kappa shape index (κ1) is 18.9. The van der Waals surface area contributed by atoms with Gasteiger partial charge in [0.25, 0.3) is 0 Å². The van der Waals surface area contributed by atoms with E-state index in [9.17, 15) is 4.79 Å². The third-order valence-corrected chi connectivity index (χ3v) is 5.00. The maximum Gasteiger partial charge on any atom is 0.338 e. The van der Waals surface area contributed by atoms with Crippen molar-refractivity contribution in [2.45, 2.75) is 20.8 Å². The van der Waals surface area contributed by atoms with E-state index >= 15 is 0 Å². The predicted molar refractivity (Wildman–Crippen MR) is 118 cm³/mol. The minimum atomic E-state index is -0.321. The molecular formula is C26H23NO2. The number of ether oxygens (including phenoxy) is 1. The highest BCUT2D eigenvalue weighted by Gasteiger charge is 2.17. The van der Waals surface area contributed by atoms with Gasteiger partial charge < -0.3 is 4.74 Å². The molecule has 0 aliphatic heterocycles. The molecule has 0 saturated heterocycles. The van der Waals surface area contributed by atoms with Gasteiger partial charge in [-0.2, -0.15) is 0 Å². The van der Waals surface area contributed by atoms with Gasteiger partial charge in [0.1, 0.15) is 0 Å². The molecule has 0 N–H and O–H groups in total. The number of carbonyl (C=O) groups excluding carboxylic acids is 1. The first-order valence-corrected chi connectivity index (χ1v) is 9.82. The monoisotopic (exact) mass is 381 g/mol. The minimum absolute atomic E-state index is 0.321. The van der Waals surface area contributed by atoms with Crippen molar-refractivity contribution in [3.63, 3.8) is 0 Å². The largest absolute Gasteiger partial charge is 0.462 e. The zero-order valence-corrected chi connectivity index (χ0v) is 16.9. The molecule has 0 spiro atoms. The molecule has 0 fully saturated rings. The topological polar surface area (TPSA) is 39.2 Å². The molecule has 0 atom stereocenters. The van der Waals surface area contributed by atoms with Gasteiger partial charge in [-0.05, 0) is 56.2 Å². The van der Waals surface area contributed by atoms with E-state index in [2.05, 4.69) is 37.3 Å². The Labute approximate surface area is 171 Å². The van der Waals surface area contributed by atoms with Crippen molar-refractivity contribution in [3.05, 3.63) is 89.5 Å². The summed E-state index contributed by atoms with van der Waals surface area (Å²) in [5.74, 6) is -0.321. The van der Waals surface area contributed by atoms with Crippen LogP contribution in [0.2, 0.25) is 0 Å². The number of hydrogen-bond acceptors (Lipinski definition) is 3. The van der Waals surface area contributed by atoms with Gasteiger partial charge in [0, 0.05) is 10.9 Å². The second-order valence-electron chi connectivity index (χ2n) is 7.21. The molecule has 4 rings (SSSR count). The van der Waals surface area contributed by atoms with Crippen molar-refractivity contribution in [2.75, 3.05) is 6.61 Å². The van der Waals surface area contributed by atoms with Gasteiger partial charge >= 0.3 is 5.97 Å². The Balaban J connectivity index is 1.99. The van der Waals surface area contributed by atoms with Gasteiger partial charge in [-0.3, -0.25) is 0 Å². The zero-order chi connectivity index (χ0) is 20.4. The molecule has 3 heteroatoms. The van der Waals surface area contributed by atoms with Gasteiger partial charge in [0.15, 0.2) is 0 Å². The summed E-state index contributed by atoms with van der Waals surface area (Å²) in [5.41, 5.74) is 7.42. The normalized spacial score (nSPS) is 10.9. The standard InChI is InChI=1S/C26H23NO2/c1-4-29-26(28)23-15-17(2)10-12-20(23)25-16-21(19-8-6-5-7-9-19)22-14-18(3)11-13-24(22)27-25/h5-16H,4H2,1-3H3. The fraction of sp³-hybridized carbons (Fsp3) is 0.154. The second-order valence-corrected chi connectivity index (χ2v) is 7.21. The van der Waals surface area contributed by atoms with Gasteiger partial charge in [-0.25, -0.2) is 9.78 Å². The number of rotatable bonds is 4. The highest BCUT2D eigenvalue weighted by atomic mass is 16.5. The van der Waals surface area contributed by atoms with Crippen molar-refractivity contribution < 1.29 is 9.53 Å². The van der Waals surface area contributed by atoms with Crippen LogP contribution in [0, 0.1) is 13.8 Å². The third kappa shape index (κ3) is 3.77. The number of hydrogen-bond donors (Lipinski definition) is 0. The molecule has 0 aliphatic carbocycles. The number of nitrogens with zero attached hydrogens (tertiary/aromatic N) is 1. The van der Waals surface area contributed by atoms with Crippen molar-refractivity contribution in [3.8, 4) is 22.4 Å². The summed E-state index contributed by atoms with van der Waals surface area (Å²) in [6.07, 6.45) is 0. The Morgan fingerprint density at radius 1 is 0.862 bits per heavy atom. The quantitative estimate of drug-likeness (QED) is 0.386. The summed E-state index contributed by atoms with van der Waals surface area (Å²) in [6.45, 7) is 6.21. The molecule has 29 heavy (non-hydrogen) atoms. The lowest BCUT2D eigenvalue weighted by atomic mass is 9.95. The molecule has 0 saturated carbocycles. The van der Waals surface area contributed by atoms with Crippen molar-refractivity contribution in [1.82, 2.24) is 4.98 Å². The van der Waals surface area contributed by atoms with E-state index in [1.807, 2.05) is 56.3 Å². The number of pyridine rings is 1. The molecule has 4 aromatic rings. The van der Waals surface area contributed by atoms with Crippen LogP contribution < -0.4 is 0 Å². The molecular weight excluding hydrogens is 358 g/mol. The molecule has 0 radical (unpaired) electrons. The molecule has 0 bridgehead atoms. The molecule has 1 aromatic heterocycles. The third-order valence-electron chi connectivity index (χ3n) is 5.00. The Hall–Kier alpha value is -3.46. The van der Waals surface area contributed by atoms with E-state index in [-0.39, 0.29) is 5.97 Å². The molecule has 144 valence electrons. The van der Waals surface area contributed by atoms with Crippen LogP contribution in [0.4, 0.5) is 0 Å². The highest BCUT2D eigenvalue weighted by molar-refractivity contribution is 6.01. The van der Waals surface area contributed by atoms with E-state index in [0.29, 0.717) is 12.2 Å². The number of aromatic nitrogens is 1. The maximum atomic E-state index is 12.6. The lowest BCUT2D eigenvalue weighted by Gasteiger charge is -2.14. The Bertz CT molecular complexity index is 1200. The molecule has 0 aliphatic rings. The average molecular weight is 381 g/mol. The van der Waals surface area contributed by atoms with Gasteiger partial charge in [-0.15, -0.1) is 0 Å². The molecule has 3 aromatic carbocycles. The predicted octanol–water partition coefficient (Wildman–Crippen LogP) is 6.36. The summed E-state index contributed by atoms with van der Waals surface area (Å²) >= 11 is 0. The van der Waals surface area contributed by atoms with Crippen molar-refractivity contribution in [1.29, 1.82) is 0 Å². The molecule has 0 amide bonds.